The molecule has 0 radical (unpaired) electrons. The van der Waals surface area contributed by atoms with Gasteiger partial charge in [-0.2, -0.15) is 0 Å². The standard InChI is InChI=1S/C17H17.C15H23.2ClH.Zr/c1-10-5-14-9-15-6-11(2)13(4)8-17(15)16(14)7-12(10)3;1-7-8-10-9-11-13(14(2,3)4)12(10)15(11,5)6;;;/h5-9H,1-4H3;10H,7-8H2,1-6H3;2*1H;/q;;;;+2/p-2. The first kappa shape index (κ1) is 28.9. The van der Waals surface area contributed by atoms with Crippen LogP contribution in [0, 0.1) is 44.4 Å². The largest absolute Gasteiger partial charge is 1.00 e. The molecule has 0 N–H and O–H groups in total. The quantitative estimate of drug-likeness (QED) is 0.517. The average Bonchev–Trinajstić information content (AvgIpc) is 3.26. The fourth-order valence-corrected chi connectivity index (χ4v) is 12.2. The zero-order chi connectivity index (χ0) is 24.0. The van der Waals surface area contributed by atoms with E-state index in [0.717, 1.165) is 5.92 Å². The van der Waals surface area contributed by atoms with Gasteiger partial charge in [-0.05, 0) is 0 Å². The van der Waals surface area contributed by atoms with Crippen molar-refractivity contribution in [2.45, 2.75) is 85.7 Å². The van der Waals surface area contributed by atoms with E-state index in [2.05, 4.69) is 93.5 Å². The molecular weight excluding hydrogens is 546 g/mol. The molecule has 6 rings (SSSR count). The molecule has 0 amide bonds. The van der Waals surface area contributed by atoms with E-state index in [1.165, 1.54) is 46.2 Å². The molecule has 2 aromatic rings. The van der Waals surface area contributed by atoms with Crippen LogP contribution in [0.25, 0.3) is 11.1 Å². The molecule has 0 fully saturated rings. The van der Waals surface area contributed by atoms with E-state index in [0.29, 0.717) is 9.04 Å². The summed E-state index contributed by atoms with van der Waals surface area (Å²) >= 11 is -0.881. The van der Waals surface area contributed by atoms with Crippen LogP contribution in [-0.4, -0.2) is 0 Å². The van der Waals surface area contributed by atoms with Crippen LogP contribution in [0.15, 0.2) is 44.3 Å². The molecule has 35 heavy (non-hydrogen) atoms. The van der Waals surface area contributed by atoms with Crippen LogP contribution >= 0.6 is 0 Å². The van der Waals surface area contributed by atoms with Crippen molar-refractivity contribution in [1.29, 1.82) is 0 Å². The monoisotopic (exact) mass is 584 g/mol. The van der Waals surface area contributed by atoms with E-state index in [9.17, 15) is 0 Å². The second kappa shape index (κ2) is 9.60. The van der Waals surface area contributed by atoms with Gasteiger partial charge in [0.25, 0.3) is 0 Å². The maximum atomic E-state index is 2.55. The predicted octanol–water partition coefficient (Wildman–Crippen LogP) is 3.15. The summed E-state index contributed by atoms with van der Waals surface area (Å²) in [7, 11) is 0. The van der Waals surface area contributed by atoms with Gasteiger partial charge in [-0.25, -0.2) is 0 Å². The fraction of sp³-hybridized carbons (Fsp3) is 0.500. The summed E-state index contributed by atoms with van der Waals surface area (Å²) in [4.78, 5) is 0. The van der Waals surface area contributed by atoms with Gasteiger partial charge in [-0.3, -0.25) is 0 Å². The molecule has 0 heterocycles. The Hall–Kier alpha value is -0.617. The van der Waals surface area contributed by atoms with Gasteiger partial charge in [-0.1, -0.05) is 0 Å². The van der Waals surface area contributed by atoms with E-state index < -0.39 is 23.2 Å². The van der Waals surface area contributed by atoms with Crippen LogP contribution in [0.4, 0.5) is 0 Å². The smallest absolute Gasteiger partial charge is 1.00 e. The molecule has 186 valence electrons. The molecule has 1 atom stereocenters. The molecule has 3 heteroatoms. The SMILES string of the molecule is CCCC1[C]([Zr+2][CH]2c3cc(C)c(C)cc3-c3cc(C)c(C)cc32)=C2C(C(C)(C)C)=C1C2(C)C.[Cl-].[Cl-]. The Balaban J connectivity index is 0.00000171. The number of rotatable bonds is 4. The van der Waals surface area contributed by atoms with Crippen molar-refractivity contribution in [3.8, 4) is 11.1 Å². The number of hydrogen-bond acceptors (Lipinski definition) is 0. The van der Waals surface area contributed by atoms with Gasteiger partial charge in [0.2, 0.25) is 0 Å². The molecule has 2 bridgehead atoms. The molecule has 0 nitrogen and oxygen atoms in total. The molecular formula is C32H40Cl2Zr. The van der Waals surface area contributed by atoms with E-state index in [1.807, 2.05) is 3.28 Å². The topological polar surface area (TPSA) is 0 Å². The maximum absolute atomic E-state index is 2.55. The number of allylic oxidation sites excluding steroid dienone is 4. The molecule has 0 saturated carbocycles. The van der Waals surface area contributed by atoms with Crippen LogP contribution in [-0.2, 0) is 23.2 Å². The number of aryl methyl sites for hydroxylation is 4. The molecule has 0 aromatic heterocycles. The van der Waals surface area contributed by atoms with Crippen LogP contribution in [0.2, 0.25) is 0 Å². The van der Waals surface area contributed by atoms with Crippen molar-refractivity contribution in [2.75, 3.05) is 0 Å². The average molecular weight is 587 g/mol. The first-order valence-electron chi connectivity index (χ1n) is 12.9. The molecule has 0 spiro atoms. The van der Waals surface area contributed by atoms with Crippen molar-refractivity contribution in [1.82, 2.24) is 0 Å². The summed E-state index contributed by atoms with van der Waals surface area (Å²) in [5, 5.41) is 0. The van der Waals surface area contributed by atoms with Gasteiger partial charge in [0.1, 0.15) is 0 Å². The molecule has 4 aliphatic carbocycles. The maximum Gasteiger partial charge on any atom is -1.00 e. The third kappa shape index (κ3) is 4.21. The van der Waals surface area contributed by atoms with Crippen LogP contribution in [0.5, 0.6) is 0 Å². The third-order valence-corrected chi connectivity index (χ3v) is 13.1. The summed E-state index contributed by atoms with van der Waals surface area (Å²) in [6.45, 7) is 23.9. The minimum Gasteiger partial charge on any atom is -1.00 e. The molecule has 0 saturated heterocycles. The second-order valence-electron chi connectivity index (χ2n) is 12.4. The Labute approximate surface area is 237 Å². The number of benzene rings is 2. The number of halogens is 2. The summed E-state index contributed by atoms with van der Waals surface area (Å²) in [6.07, 6.45) is 2.62. The van der Waals surface area contributed by atoms with Crippen LogP contribution < -0.4 is 24.8 Å². The van der Waals surface area contributed by atoms with Crippen molar-refractivity contribution in [3.63, 3.8) is 0 Å². The first-order chi connectivity index (χ1) is 15.4. The molecule has 4 aliphatic rings. The van der Waals surface area contributed by atoms with Gasteiger partial charge in [-0.15, -0.1) is 0 Å². The summed E-state index contributed by atoms with van der Waals surface area (Å²) < 4.78 is 2.58. The number of hydrogen-bond donors (Lipinski definition) is 0. The van der Waals surface area contributed by atoms with Crippen LogP contribution in [0.3, 0.4) is 0 Å². The summed E-state index contributed by atoms with van der Waals surface area (Å²) in [5.41, 5.74) is 18.0. The predicted molar refractivity (Wildman–Crippen MR) is 138 cm³/mol. The first-order valence-corrected chi connectivity index (χ1v) is 15.5. The normalized spacial score (nSPS) is 19.5. The van der Waals surface area contributed by atoms with Crippen molar-refractivity contribution >= 4 is 0 Å². The minimum atomic E-state index is -0.881. The Morgan fingerprint density at radius 2 is 1.26 bits per heavy atom. The Bertz CT molecular complexity index is 1200. The molecule has 2 aromatic carbocycles. The zero-order valence-corrected chi connectivity index (χ0v) is 27.1. The van der Waals surface area contributed by atoms with Crippen molar-refractivity contribution in [2.24, 2.45) is 16.7 Å². The fourth-order valence-electron chi connectivity index (χ4n) is 6.86. The second-order valence-corrected chi connectivity index (χ2v) is 15.9. The van der Waals surface area contributed by atoms with Gasteiger partial charge >= 0.3 is 214 Å². The van der Waals surface area contributed by atoms with Crippen molar-refractivity contribution < 1.29 is 48.0 Å². The van der Waals surface area contributed by atoms with Gasteiger partial charge in [0.05, 0.1) is 0 Å². The van der Waals surface area contributed by atoms with Gasteiger partial charge in [0.15, 0.2) is 0 Å². The minimum absolute atomic E-state index is 0. The van der Waals surface area contributed by atoms with Crippen molar-refractivity contribution in [3.05, 3.63) is 77.6 Å². The van der Waals surface area contributed by atoms with Gasteiger partial charge in [0, 0.05) is 0 Å². The Morgan fingerprint density at radius 3 is 1.69 bits per heavy atom. The Kier molecular flexibility index (Phi) is 7.94. The zero-order valence-electron chi connectivity index (χ0n) is 23.1. The molecule has 0 aliphatic heterocycles. The summed E-state index contributed by atoms with van der Waals surface area (Å²) in [5.74, 6) is 0.728. The third-order valence-electron chi connectivity index (χ3n) is 8.66. The van der Waals surface area contributed by atoms with E-state index >= 15 is 0 Å². The van der Waals surface area contributed by atoms with Gasteiger partial charge < -0.3 is 24.8 Å². The van der Waals surface area contributed by atoms with E-state index in [1.54, 1.807) is 27.8 Å². The van der Waals surface area contributed by atoms with E-state index in [-0.39, 0.29) is 30.2 Å². The number of fused-ring (bicyclic) bond motifs is 4. The Morgan fingerprint density at radius 1 is 0.800 bits per heavy atom. The van der Waals surface area contributed by atoms with E-state index in [4.69, 9.17) is 0 Å². The molecule has 1 unspecified atom stereocenters. The van der Waals surface area contributed by atoms with Crippen LogP contribution in [0.1, 0.15) is 91.4 Å². The summed E-state index contributed by atoms with van der Waals surface area (Å²) in [6, 6.07) is 10.1.